The third-order valence-corrected chi connectivity index (χ3v) is 10.3. The highest BCUT2D eigenvalue weighted by molar-refractivity contribution is 5.86. The zero-order valence-electron chi connectivity index (χ0n) is 19.3. The number of allylic oxidation sites excluding steroid dienone is 1. The first-order chi connectivity index (χ1) is 14.3. The first kappa shape index (κ1) is 19.2. The SMILES string of the molecule is CC(C)=C[C@H]1C[C@]2(C)[C@H](CC[C@@]3(C)[C@H]2CC[C@H]2Cc4c([nH]c5ccccc45)[C@@]23C)O1. The number of para-hydroxylation sites is 1. The fourth-order valence-corrected chi connectivity index (χ4v) is 8.84. The van der Waals surface area contributed by atoms with Gasteiger partial charge in [0.05, 0.1) is 12.2 Å². The molecule has 6 rings (SSSR count). The third-order valence-electron chi connectivity index (χ3n) is 10.3. The lowest BCUT2D eigenvalue weighted by atomic mass is 9.40. The maximum Gasteiger partial charge on any atom is 0.0768 e. The molecule has 2 saturated carbocycles. The van der Waals surface area contributed by atoms with E-state index in [2.05, 4.69) is 69.9 Å². The predicted molar refractivity (Wildman–Crippen MR) is 124 cm³/mol. The van der Waals surface area contributed by atoms with Crippen LogP contribution in [-0.4, -0.2) is 17.2 Å². The number of benzene rings is 1. The Morgan fingerprint density at radius 3 is 2.70 bits per heavy atom. The summed E-state index contributed by atoms with van der Waals surface area (Å²) in [6.07, 6.45) is 10.8. The normalized spacial score (nSPS) is 44.3. The highest BCUT2D eigenvalue weighted by Gasteiger charge is 2.68. The molecule has 30 heavy (non-hydrogen) atoms. The van der Waals surface area contributed by atoms with E-state index in [-0.39, 0.29) is 5.41 Å². The Kier molecular flexibility index (Phi) is 3.85. The Balaban J connectivity index is 1.46. The van der Waals surface area contributed by atoms with Gasteiger partial charge in [-0.3, -0.25) is 0 Å². The van der Waals surface area contributed by atoms with E-state index in [0.29, 0.717) is 23.0 Å². The van der Waals surface area contributed by atoms with Crippen LogP contribution in [0.15, 0.2) is 35.9 Å². The van der Waals surface area contributed by atoms with Crippen molar-refractivity contribution in [2.75, 3.05) is 0 Å². The van der Waals surface area contributed by atoms with Gasteiger partial charge in [0.1, 0.15) is 0 Å². The van der Waals surface area contributed by atoms with Crippen LogP contribution in [0, 0.1) is 22.7 Å². The van der Waals surface area contributed by atoms with Gasteiger partial charge in [-0.05, 0) is 86.7 Å². The van der Waals surface area contributed by atoms with Crippen LogP contribution in [0.1, 0.15) is 78.0 Å². The van der Waals surface area contributed by atoms with Gasteiger partial charge < -0.3 is 9.72 Å². The minimum Gasteiger partial charge on any atom is -0.370 e. The quantitative estimate of drug-likeness (QED) is 0.513. The van der Waals surface area contributed by atoms with Gasteiger partial charge in [-0.15, -0.1) is 0 Å². The van der Waals surface area contributed by atoms with E-state index in [0.717, 1.165) is 11.8 Å². The summed E-state index contributed by atoms with van der Waals surface area (Å²) in [6.45, 7) is 12.3. The van der Waals surface area contributed by atoms with Crippen LogP contribution in [0.5, 0.6) is 0 Å². The van der Waals surface area contributed by atoms with Gasteiger partial charge in [0.25, 0.3) is 0 Å². The molecule has 7 atom stereocenters. The van der Waals surface area contributed by atoms with E-state index >= 15 is 0 Å². The lowest BCUT2D eigenvalue weighted by Crippen LogP contribution is -2.61. The van der Waals surface area contributed by atoms with E-state index in [4.69, 9.17) is 4.74 Å². The molecule has 3 fully saturated rings. The number of rotatable bonds is 1. The minimum absolute atomic E-state index is 0.243. The molecular weight excluding hydrogens is 366 g/mol. The molecule has 2 aromatic rings. The molecule has 0 spiro atoms. The summed E-state index contributed by atoms with van der Waals surface area (Å²) in [4.78, 5) is 3.94. The smallest absolute Gasteiger partial charge is 0.0768 e. The number of fused-ring (bicyclic) bond motifs is 9. The van der Waals surface area contributed by atoms with Crippen LogP contribution in [0.4, 0.5) is 0 Å². The van der Waals surface area contributed by atoms with Crippen LogP contribution < -0.4 is 0 Å². The van der Waals surface area contributed by atoms with E-state index in [1.807, 2.05) is 0 Å². The van der Waals surface area contributed by atoms with E-state index < -0.39 is 0 Å². The number of hydrogen-bond donors (Lipinski definition) is 1. The summed E-state index contributed by atoms with van der Waals surface area (Å²) in [5.74, 6) is 1.51. The maximum absolute atomic E-state index is 6.65. The Bertz CT molecular complexity index is 1040. The molecule has 2 heterocycles. The molecule has 0 amide bonds. The van der Waals surface area contributed by atoms with Crippen molar-refractivity contribution in [3.05, 3.63) is 47.2 Å². The predicted octanol–water partition coefficient (Wildman–Crippen LogP) is 6.94. The molecule has 1 N–H and O–H groups in total. The lowest BCUT2D eigenvalue weighted by molar-refractivity contribution is -0.144. The molecule has 2 nitrogen and oxygen atoms in total. The molecule has 1 aliphatic heterocycles. The summed E-state index contributed by atoms with van der Waals surface area (Å²) in [5.41, 5.74) is 6.79. The summed E-state index contributed by atoms with van der Waals surface area (Å²) < 4.78 is 6.65. The molecule has 1 aromatic heterocycles. The fourth-order valence-electron chi connectivity index (χ4n) is 8.84. The van der Waals surface area contributed by atoms with Crippen molar-refractivity contribution in [2.24, 2.45) is 22.7 Å². The Hall–Kier alpha value is -1.54. The Morgan fingerprint density at radius 2 is 1.90 bits per heavy atom. The zero-order chi connectivity index (χ0) is 20.9. The number of H-pyrrole nitrogens is 1. The number of aromatic nitrogens is 1. The first-order valence-electron chi connectivity index (χ1n) is 12.2. The van der Waals surface area contributed by atoms with Gasteiger partial charge in [0.2, 0.25) is 0 Å². The molecule has 0 bridgehead atoms. The van der Waals surface area contributed by atoms with E-state index in [1.165, 1.54) is 55.0 Å². The average Bonchev–Trinajstić information content (AvgIpc) is 3.30. The molecule has 2 heteroatoms. The van der Waals surface area contributed by atoms with Crippen LogP contribution in [-0.2, 0) is 16.6 Å². The van der Waals surface area contributed by atoms with Gasteiger partial charge >= 0.3 is 0 Å². The van der Waals surface area contributed by atoms with Crippen molar-refractivity contribution in [1.82, 2.24) is 4.98 Å². The highest BCUT2D eigenvalue weighted by Crippen LogP contribution is 2.71. The minimum atomic E-state index is 0.243. The molecular formula is C28H37NO. The average molecular weight is 404 g/mol. The fraction of sp³-hybridized carbons (Fsp3) is 0.643. The summed E-state index contributed by atoms with van der Waals surface area (Å²) in [5, 5.41) is 1.47. The molecule has 160 valence electrons. The molecule has 4 aliphatic rings. The molecule has 0 radical (unpaired) electrons. The topological polar surface area (TPSA) is 25.0 Å². The summed E-state index contributed by atoms with van der Waals surface area (Å²) >= 11 is 0. The second-order valence-electron chi connectivity index (χ2n) is 11.8. The molecule has 0 unspecified atom stereocenters. The molecule has 1 saturated heterocycles. The number of nitrogens with one attached hydrogen (secondary N) is 1. The highest BCUT2D eigenvalue weighted by atomic mass is 16.5. The second-order valence-corrected chi connectivity index (χ2v) is 11.8. The second kappa shape index (κ2) is 6.03. The van der Waals surface area contributed by atoms with E-state index in [9.17, 15) is 0 Å². The van der Waals surface area contributed by atoms with Crippen molar-refractivity contribution in [3.8, 4) is 0 Å². The van der Waals surface area contributed by atoms with Crippen molar-refractivity contribution in [1.29, 1.82) is 0 Å². The van der Waals surface area contributed by atoms with Crippen molar-refractivity contribution >= 4 is 10.9 Å². The van der Waals surface area contributed by atoms with E-state index in [1.54, 1.807) is 11.3 Å². The van der Waals surface area contributed by atoms with Gasteiger partial charge in [-0.1, -0.05) is 50.6 Å². The first-order valence-corrected chi connectivity index (χ1v) is 12.2. The zero-order valence-corrected chi connectivity index (χ0v) is 19.3. The Morgan fingerprint density at radius 1 is 1.10 bits per heavy atom. The van der Waals surface area contributed by atoms with Gasteiger partial charge in [0.15, 0.2) is 0 Å². The number of aromatic amines is 1. The largest absolute Gasteiger partial charge is 0.370 e. The molecule has 1 aromatic carbocycles. The van der Waals surface area contributed by atoms with Crippen LogP contribution >= 0.6 is 0 Å². The standard InChI is InChI=1S/C28H37NO/c1-17(2)14-19-16-26(3)23-11-10-18-15-21-20-8-6-7-9-22(20)29-25(21)28(18,5)27(23,4)13-12-24(26)30-19/h6-9,14,18-19,23-24,29H,10-13,15-16H2,1-5H3/t18-,19-,23-,24-,26-,27-,28+/m0/s1. The van der Waals surface area contributed by atoms with Crippen molar-refractivity contribution in [2.45, 2.75) is 90.8 Å². The number of hydrogen-bond acceptors (Lipinski definition) is 1. The molecule has 3 aliphatic carbocycles. The Labute approximate surface area is 181 Å². The van der Waals surface area contributed by atoms with Crippen LogP contribution in [0.25, 0.3) is 10.9 Å². The monoisotopic (exact) mass is 403 g/mol. The maximum atomic E-state index is 6.65. The number of ether oxygens (including phenoxy) is 1. The van der Waals surface area contributed by atoms with Crippen LogP contribution in [0.2, 0.25) is 0 Å². The summed E-state index contributed by atoms with van der Waals surface area (Å²) in [6, 6.07) is 8.97. The third kappa shape index (κ3) is 2.19. The van der Waals surface area contributed by atoms with Gasteiger partial charge in [-0.25, -0.2) is 0 Å². The van der Waals surface area contributed by atoms with Gasteiger partial charge in [0, 0.05) is 22.0 Å². The van der Waals surface area contributed by atoms with Gasteiger partial charge in [-0.2, -0.15) is 0 Å². The summed E-state index contributed by atoms with van der Waals surface area (Å²) in [7, 11) is 0. The lowest BCUT2D eigenvalue weighted by Gasteiger charge is -2.64. The van der Waals surface area contributed by atoms with Crippen LogP contribution in [0.3, 0.4) is 0 Å². The van der Waals surface area contributed by atoms with Crippen molar-refractivity contribution < 1.29 is 4.74 Å². The van der Waals surface area contributed by atoms with Crippen molar-refractivity contribution in [3.63, 3.8) is 0 Å².